The van der Waals surface area contributed by atoms with Crippen LogP contribution >= 0.6 is 0 Å². The lowest BCUT2D eigenvalue weighted by atomic mass is 9.95. The van der Waals surface area contributed by atoms with Crippen molar-refractivity contribution in [1.29, 1.82) is 0 Å². The third-order valence-corrected chi connectivity index (χ3v) is 2.69. The van der Waals surface area contributed by atoms with Crippen LogP contribution in [0.3, 0.4) is 0 Å². The number of rotatable bonds is 3. The normalized spacial score (nSPS) is 11.5. The first kappa shape index (κ1) is 10.3. The Bertz CT molecular complexity index is 367. The van der Waals surface area contributed by atoms with E-state index in [1.807, 2.05) is 12.1 Å². The quantitative estimate of drug-likeness (QED) is 0.638. The monoisotopic (exact) mass is 194 g/mol. The molecule has 0 aliphatic carbocycles. The van der Waals surface area contributed by atoms with E-state index in [9.17, 15) is 8.42 Å². The fraction of sp³-hybridized carbons (Fsp3) is 0.333. The smallest absolute Gasteiger partial charge is 0.147 e. The molecule has 68 valence electrons. The highest BCUT2D eigenvalue weighted by Gasteiger charge is 2.01. The maximum absolute atomic E-state index is 10.8. The van der Waals surface area contributed by atoms with Crippen molar-refractivity contribution in [2.75, 3.05) is 12.0 Å². The van der Waals surface area contributed by atoms with Crippen LogP contribution in [-0.2, 0) is 16.3 Å². The van der Waals surface area contributed by atoms with E-state index in [0.717, 1.165) is 5.56 Å². The first-order valence-electron chi connectivity index (χ1n) is 3.99. The predicted octanol–water partition coefficient (Wildman–Crippen LogP) is 0.0675. The Morgan fingerprint density at radius 1 is 1.23 bits per heavy atom. The van der Waals surface area contributed by atoms with Crippen molar-refractivity contribution >= 4 is 23.1 Å². The van der Waals surface area contributed by atoms with Gasteiger partial charge in [-0.25, -0.2) is 8.42 Å². The Morgan fingerprint density at radius 2 is 1.77 bits per heavy atom. The third-order valence-electron chi connectivity index (χ3n) is 1.74. The summed E-state index contributed by atoms with van der Waals surface area (Å²) in [6.45, 7) is 0. The maximum atomic E-state index is 10.8. The highest BCUT2D eigenvalue weighted by molar-refractivity contribution is 7.90. The van der Waals surface area contributed by atoms with E-state index in [1.54, 1.807) is 12.1 Å². The van der Waals surface area contributed by atoms with Crippen LogP contribution in [0, 0.1) is 0 Å². The molecular formula is C9H11BO2S. The van der Waals surface area contributed by atoms with Crippen LogP contribution < -0.4 is 5.46 Å². The van der Waals surface area contributed by atoms with E-state index in [-0.39, 0.29) is 5.75 Å². The number of benzene rings is 1. The molecule has 0 unspecified atom stereocenters. The molecule has 1 rings (SSSR count). The molecule has 2 radical (unpaired) electrons. The molecule has 0 amide bonds. The zero-order valence-electron chi connectivity index (χ0n) is 7.53. The molecule has 0 aliphatic rings. The number of aryl methyl sites for hydroxylation is 1. The topological polar surface area (TPSA) is 34.1 Å². The van der Waals surface area contributed by atoms with Crippen LogP contribution in [0.2, 0.25) is 0 Å². The summed E-state index contributed by atoms with van der Waals surface area (Å²) in [6.07, 6.45) is 1.80. The second-order valence-electron chi connectivity index (χ2n) is 3.12. The molecule has 0 saturated carbocycles. The number of sulfone groups is 1. The fourth-order valence-electron chi connectivity index (χ4n) is 0.988. The van der Waals surface area contributed by atoms with Crippen molar-refractivity contribution in [3.8, 4) is 0 Å². The number of hydrogen-bond acceptors (Lipinski definition) is 2. The van der Waals surface area contributed by atoms with Gasteiger partial charge in [0.1, 0.15) is 17.7 Å². The van der Waals surface area contributed by atoms with E-state index in [1.165, 1.54) is 6.26 Å². The zero-order chi connectivity index (χ0) is 9.90. The van der Waals surface area contributed by atoms with Gasteiger partial charge in [0, 0.05) is 6.26 Å². The zero-order valence-corrected chi connectivity index (χ0v) is 8.34. The van der Waals surface area contributed by atoms with Gasteiger partial charge in [-0.1, -0.05) is 29.7 Å². The highest BCUT2D eigenvalue weighted by atomic mass is 32.2. The molecular weight excluding hydrogens is 183 g/mol. The van der Waals surface area contributed by atoms with E-state index in [0.29, 0.717) is 11.9 Å². The molecule has 2 nitrogen and oxygen atoms in total. The molecule has 0 aromatic heterocycles. The van der Waals surface area contributed by atoms with E-state index < -0.39 is 9.84 Å². The minimum atomic E-state index is -2.86. The van der Waals surface area contributed by atoms with E-state index in [4.69, 9.17) is 7.85 Å². The van der Waals surface area contributed by atoms with Gasteiger partial charge >= 0.3 is 0 Å². The van der Waals surface area contributed by atoms with Gasteiger partial charge in [-0.3, -0.25) is 0 Å². The predicted molar refractivity (Wildman–Crippen MR) is 55.2 cm³/mol. The molecule has 4 heteroatoms. The Balaban J connectivity index is 2.61. The maximum Gasteiger partial charge on any atom is 0.147 e. The first-order valence-corrected chi connectivity index (χ1v) is 6.05. The molecule has 0 N–H and O–H groups in total. The average molecular weight is 194 g/mol. The molecule has 13 heavy (non-hydrogen) atoms. The lowest BCUT2D eigenvalue weighted by molar-refractivity contribution is 0.601. The van der Waals surface area contributed by atoms with Gasteiger partial charge in [-0.15, -0.1) is 0 Å². The average Bonchev–Trinajstić information content (AvgIpc) is 2.02. The van der Waals surface area contributed by atoms with Crippen molar-refractivity contribution in [2.45, 2.75) is 6.42 Å². The molecule has 0 spiro atoms. The Kier molecular flexibility index (Phi) is 3.14. The van der Waals surface area contributed by atoms with Gasteiger partial charge in [0.15, 0.2) is 0 Å². The van der Waals surface area contributed by atoms with Gasteiger partial charge in [0.25, 0.3) is 0 Å². The summed E-state index contributed by atoms with van der Waals surface area (Å²) in [5, 5.41) is 0. The van der Waals surface area contributed by atoms with Crippen LogP contribution in [-0.4, -0.2) is 28.3 Å². The third kappa shape index (κ3) is 4.13. The summed E-state index contributed by atoms with van der Waals surface area (Å²) in [5.41, 5.74) is 1.70. The molecule has 1 aromatic rings. The van der Waals surface area contributed by atoms with Crippen LogP contribution in [0.25, 0.3) is 0 Å². The Labute approximate surface area is 80.3 Å². The lowest BCUT2D eigenvalue weighted by Crippen LogP contribution is -2.07. The van der Waals surface area contributed by atoms with Crippen molar-refractivity contribution in [3.63, 3.8) is 0 Å². The van der Waals surface area contributed by atoms with Crippen molar-refractivity contribution in [3.05, 3.63) is 29.8 Å². The molecule has 0 bridgehead atoms. The van der Waals surface area contributed by atoms with Gasteiger partial charge in [0.05, 0.1) is 5.75 Å². The fourth-order valence-corrected chi connectivity index (χ4v) is 1.59. The number of hydrogen-bond donors (Lipinski definition) is 0. The standard InChI is InChI=1S/C9H11BO2S/c1-13(11,12)7-6-8-2-4-9(10)5-3-8/h2-5H,6-7H2,1H3. The molecule has 0 fully saturated rings. The Morgan fingerprint density at radius 3 is 2.23 bits per heavy atom. The summed E-state index contributed by atoms with van der Waals surface area (Å²) in [7, 11) is 2.63. The minimum absolute atomic E-state index is 0.191. The van der Waals surface area contributed by atoms with Crippen molar-refractivity contribution in [1.82, 2.24) is 0 Å². The molecule has 1 aromatic carbocycles. The van der Waals surface area contributed by atoms with Gasteiger partial charge in [-0.05, 0) is 12.0 Å². The second-order valence-corrected chi connectivity index (χ2v) is 5.38. The lowest BCUT2D eigenvalue weighted by Gasteiger charge is -2.00. The summed E-state index contributed by atoms with van der Waals surface area (Å²) in [4.78, 5) is 0. The van der Waals surface area contributed by atoms with Gasteiger partial charge < -0.3 is 0 Å². The SMILES string of the molecule is [B]c1ccc(CCS(C)(=O)=O)cc1. The summed E-state index contributed by atoms with van der Waals surface area (Å²) in [6, 6.07) is 7.25. The summed E-state index contributed by atoms with van der Waals surface area (Å²) >= 11 is 0. The van der Waals surface area contributed by atoms with E-state index >= 15 is 0 Å². The molecule has 0 heterocycles. The molecule has 0 aliphatic heterocycles. The highest BCUT2D eigenvalue weighted by Crippen LogP contribution is 1.99. The second kappa shape index (κ2) is 3.96. The Hall–Kier alpha value is -0.765. The first-order chi connectivity index (χ1) is 5.97. The van der Waals surface area contributed by atoms with Crippen LogP contribution in [0.15, 0.2) is 24.3 Å². The van der Waals surface area contributed by atoms with E-state index in [2.05, 4.69) is 0 Å². The van der Waals surface area contributed by atoms with Crippen molar-refractivity contribution in [2.24, 2.45) is 0 Å². The van der Waals surface area contributed by atoms with Crippen LogP contribution in [0.1, 0.15) is 5.56 Å². The van der Waals surface area contributed by atoms with Gasteiger partial charge in [-0.2, -0.15) is 0 Å². The largest absolute Gasteiger partial charge is 0.229 e. The van der Waals surface area contributed by atoms with Crippen molar-refractivity contribution < 1.29 is 8.42 Å². The van der Waals surface area contributed by atoms with Gasteiger partial charge in [0.2, 0.25) is 0 Å². The van der Waals surface area contributed by atoms with Crippen LogP contribution in [0.4, 0.5) is 0 Å². The molecule has 0 saturated heterocycles. The molecule has 0 atom stereocenters. The summed E-state index contributed by atoms with van der Waals surface area (Å²) < 4.78 is 21.7. The van der Waals surface area contributed by atoms with Crippen LogP contribution in [0.5, 0.6) is 0 Å². The summed E-state index contributed by atoms with van der Waals surface area (Å²) in [5.74, 6) is 0.191. The minimum Gasteiger partial charge on any atom is -0.229 e.